The van der Waals surface area contributed by atoms with Gasteiger partial charge in [0.2, 0.25) is 5.91 Å². The highest BCUT2D eigenvalue weighted by Crippen LogP contribution is 2.40. The first-order valence-electron chi connectivity index (χ1n) is 10.2. The van der Waals surface area contributed by atoms with E-state index in [9.17, 15) is 14.3 Å². The van der Waals surface area contributed by atoms with Gasteiger partial charge in [0.25, 0.3) is 0 Å². The zero-order valence-corrected chi connectivity index (χ0v) is 18.0. The van der Waals surface area contributed by atoms with E-state index >= 15 is 0 Å². The Hall–Kier alpha value is -3.01. The van der Waals surface area contributed by atoms with Gasteiger partial charge < -0.3 is 20.1 Å². The van der Waals surface area contributed by atoms with Crippen LogP contribution in [0.4, 0.5) is 15.8 Å². The summed E-state index contributed by atoms with van der Waals surface area (Å²) in [4.78, 5) is 25.0. The number of ether oxygens (including phenoxy) is 1. The van der Waals surface area contributed by atoms with Crippen LogP contribution in [0.3, 0.4) is 0 Å². The van der Waals surface area contributed by atoms with Gasteiger partial charge in [0.1, 0.15) is 17.3 Å². The number of rotatable bonds is 4. The molecule has 4 heterocycles. The zero-order valence-electron chi connectivity index (χ0n) is 17.3. The molecule has 2 atom stereocenters. The number of nitrogens with zero attached hydrogens (tertiary/aromatic N) is 4. The second-order valence-corrected chi connectivity index (χ2v) is 8.28. The van der Waals surface area contributed by atoms with E-state index in [1.807, 2.05) is 29.2 Å². The fraction of sp³-hybridized carbons (Fsp3) is 0.318. The van der Waals surface area contributed by atoms with Crippen molar-refractivity contribution in [3.63, 3.8) is 0 Å². The molecular formula is C22H21ClFN5O3. The molecule has 0 saturated carbocycles. The van der Waals surface area contributed by atoms with Crippen molar-refractivity contribution in [1.82, 2.24) is 14.9 Å². The van der Waals surface area contributed by atoms with Crippen LogP contribution in [0.2, 0.25) is 5.15 Å². The predicted octanol–water partition coefficient (Wildman–Crippen LogP) is 2.43. The molecular weight excluding hydrogens is 437 g/mol. The molecule has 1 saturated heterocycles. The predicted molar refractivity (Wildman–Crippen MR) is 119 cm³/mol. The van der Waals surface area contributed by atoms with Crippen molar-refractivity contribution < 1.29 is 19.0 Å². The molecule has 2 aliphatic heterocycles. The highest BCUT2D eigenvalue weighted by Gasteiger charge is 2.42. The van der Waals surface area contributed by atoms with E-state index in [0.29, 0.717) is 36.4 Å². The standard InChI is InChI=1S/C22H21ClFN5O3/c1-32-14-4-2-12(3-5-14)8-28-10-17-22(31)27-16-7-25-19-15(6-26-21(23)18(19)24)20(16)29(17)9-13(28)11-30/h2-7,13,17,30H,8-11H2,1H3,(H,27,31). The molecule has 1 aromatic carbocycles. The highest BCUT2D eigenvalue weighted by atomic mass is 35.5. The van der Waals surface area contributed by atoms with Crippen molar-refractivity contribution in [3.8, 4) is 5.75 Å². The third kappa shape index (κ3) is 3.42. The largest absolute Gasteiger partial charge is 0.497 e. The van der Waals surface area contributed by atoms with Crippen molar-refractivity contribution >= 4 is 39.8 Å². The number of aliphatic hydroxyl groups is 1. The molecule has 0 spiro atoms. The maximum absolute atomic E-state index is 14.6. The molecule has 2 N–H and O–H groups in total. The minimum atomic E-state index is -0.697. The molecule has 1 amide bonds. The summed E-state index contributed by atoms with van der Waals surface area (Å²) >= 11 is 5.84. The Balaban J connectivity index is 1.50. The van der Waals surface area contributed by atoms with Gasteiger partial charge in [-0.05, 0) is 17.7 Å². The van der Waals surface area contributed by atoms with Gasteiger partial charge in [0.15, 0.2) is 11.0 Å². The number of fused-ring (bicyclic) bond motifs is 5. The fourth-order valence-electron chi connectivity index (χ4n) is 4.45. The number of benzene rings is 1. The molecule has 2 aliphatic rings. The maximum atomic E-state index is 14.6. The first-order chi connectivity index (χ1) is 15.5. The highest BCUT2D eigenvalue weighted by molar-refractivity contribution is 6.30. The van der Waals surface area contributed by atoms with Gasteiger partial charge in [-0.1, -0.05) is 23.7 Å². The quantitative estimate of drug-likeness (QED) is 0.581. The van der Waals surface area contributed by atoms with E-state index in [1.165, 1.54) is 12.4 Å². The van der Waals surface area contributed by atoms with Gasteiger partial charge in [-0.15, -0.1) is 0 Å². The van der Waals surface area contributed by atoms with Crippen LogP contribution in [0.1, 0.15) is 5.56 Å². The molecule has 2 unspecified atom stereocenters. The number of amides is 1. The number of hydrogen-bond acceptors (Lipinski definition) is 7. The van der Waals surface area contributed by atoms with E-state index in [-0.39, 0.29) is 29.2 Å². The number of pyridine rings is 2. The maximum Gasteiger partial charge on any atom is 0.248 e. The van der Waals surface area contributed by atoms with Crippen LogP contribution in [0.25, 0.3) is 10.9 Å². The summed E-state index contributed by atoms with van der Waals surface area (Å²) in [5.41, 5.74) is 2.28. The Morgan fingerprint density at radius 3 is 2.75 bits per heavy atom. The summed E-state index contributed by atoms with van der Waals surface area (Å²) in [5, 5.41) is 13.2. The molecule has 166 valence electrons. The number of anilines is 2. The molecule has 0 aliphatic carbocycles. The van der Waals surface area contributed by atoms with E-state index < -0.39 is 11.9 Å². The van der Waals surface area contributed by atoms with Gasteiger partial charge in [0, 0.05) is 31.2 Å². The molecule has 10 heteroatoms. The zero-order chi connectivity index (χ0) is 22.4. The topological polar surface area (TPSA) is 90.8 Å². The summed E-state index contributed by atoms with van der Waals surface area (Å²) < 4.78 is 19.8. The summed E-state index contributed by atoms with van der Waals surface area (Å²) in [7, 11) is 1.62. The molecule has 0 bridgehead atoms. The Morgan fingerprint density at radius 1 is 1.25 bits per heavy atom. The number of carbonyl (C=O) groups is 1. The number of methoxy groups -OCH3 is 1. The minimum absolute atomic E-state index is 0.0855. The lowest BCUT2D eigenvalue weighted by molar-refractivity contribution is -0.119. The third-order valence-corrected chi connectivity index (χ3v) is 6.36. The van der Waals surface area contributed by atoms with Gasteiger partial charge >= 0.3 is 0 Å². The number of aromatic nitrogens is 2. The molecule has 3 aromatic rings. The molecule has 8 nitrogen and oxygen atoms in total. The number of aliphatic hydroxyl groups excluding tert-OH is 1. The van der Waals surface area contributed by atoms with Crippen molar-refractivity contribution in [2.75, 3.05) is 37.0 Å². The van der Waals surface area contributed by atoms with Crippen molar-refractivity contribution in [2.45, 2.75) is 18.6 Å². The average molecular weight is 458 g/mol. The van der Waals surface area contributed by atoms with E-state index in [2.05, 4.69) is 20.2 Å². The van der Waals surface area contributed by atoms with Gasteiger partial charge in [-0.3, -0.25) is 14.7 Å². The molecule has 0 radical (unpaired) electrons. The summed E-state index contributed by atoms with van der Waals surface area (Å²) in [6.07, 6.45) is 2.90. The second-order valence-electron chi connectivity index (χ2n) is 7.92. The molecule has 5 rings (SSSR count). The normalized spacial score (nSPS) is 20.6. The Bertz CT molecular complexity index is 1190. The lowest BCUT2D eigenvalue weighted by atomic mass is 9.99. The second kappa shape index (κ2) is 8.16. The Labute approximate surface area is 188 Å². The lowest BCUT2D eigenvalue weighted by Crippen LogP contribution is -2.64. The van der Waals surface area contributed by atoms with Crippen LogP contribution in [-0.2, 0) is 11.3 Å². The molecule has 2 aromatic heterocycles. The third-order valence-electron chi connectivity index (χ3n) is 6.09. The SMILES string of the molecule is COc1ccc(CN2CC3C(=O)Nc4cnc5c(F)c(Cl)ncc5c4N3CC2CO)cc1. The van der Waals surface area contributed by atoms with Gasteiger partial charge in [0.05, 0.1) is 37.3 Å². The van der Waals surface area contributed by atoms with Gasteiger partial charge in [-0.2, -0.15) is 0 Å². The number of nitrogens with one attached hydrogen (secondary N) is 1. The first kappa shape index (κ1) is 20.9. The van der Waals surface area contributed by atoms with Crippen LogP contribution in [0.5, 0.6) is 5.75 Å². The van der Waals surface area contributed by atoms with E-state index in [4.69, 9.17) is 16.3 Å². The van der Waals surface area contributed by atoms with Gasteiger partial charge in [-0.25, -0.2) is 9.37 Å². The van der Waals surface area contributed by atoms with Crippen LogP contribution in [0, 0.1) is 5.82 Å². The fourth-order valence-corrected chi connectivity index (χ4v) is 4.59. The van der Waals surface area contributed by atoms with E-state index in [1.54, 1.807) is 7.11 Å². The summed E-state index contributed by atoms with van der Waals surface area (Å²) in [6.45, 7) is 1.28. The van der Waals surface area contributed by atoms with Crippen molar-refractivity contribution in [1.29, 1.82) is 0 Å². The van der Waals surface area contributed by atoms with Crippen LogP contribution in [-0.4, -0.2) is 64.8 Å². The monoisotopic (exact) mass is 457 g/mol. The van der Waals surface area contributed by atoms with E-state index in [0.717, 1.165) is 11.3 Å². The number of hydrogen-bond donors (Lipinski definition) is 2. The Morgan fingerprint density at radius 2 is 2.03 bits per heavy atom. The van der Waals surface area contributed by atoms with Crippen LogP contribution < -0.4 is 15.0 Å². The van der Waals surface area contributed by atoms with Crippen molar-refractivity contribution in [3.05, 3.63) is 53.2 Å². The lowest BCUT2D eigenvalue weighted by Gasteiger charge is -2.48. The number of halogens is 2. The average Bonchev–Trinajstić information content (AvgIpc) is 2.81. The van der Waals surface area contributed by atoms with Crippen LogP contribution >= 0.6 is 11.6 Å². The first-order valence-corrected chi connectivity index (χ1v) is 10.6. The summed E-state index contributed by atoms with van der Waals surface area (Å²) in [5.74, 6) is -0.101. The molecule has 32 heavy (non-hydrogen) atoms. The molecule has 1 fully saturated rings. The smallest absolute Gasteiger partial charge is 0.248 e. The minimum Gasteiger partial charge on any atom is -0.497 e. The summed E-state index contributed by atoms with van der Waals surface area (Å²) in [6, 6.07) is 6.97. The Kier molecular flexibility index (Phi) is 5.32. The van der Waals surface area contributed by atoms with Crippen molar-refractivity contribution in [2.24, 2.45) is 0 Å². The number of carbonyl (C=O) groups excluding carboxylic acids is 1. The van der Waals surface area contributed by atoms with Crippen LogP contribution in [0.15, 0.2) is 36.7 Å². The number of piperazine rings is 1.